The molecule has 0 radical (unpaired) electrons. The van der Waals surface area contributed by atoms with Gasteiger partial charge in [-0.1, -0.05) is 48.5 Å². The standard InChI is InChI=1S/C15H14FNO/c16-14-9-5-4-8-13(14)10-17-11-15(18)12-6-2-1-3-7-12/h1-9,17H,10-11H2. The quantitative estimate of drug-likeness (QED) is 0.818. The maximum Gasteiger partial charge on any atom is 0.176 e. The Kier molecular flexibility index (Phi) is 4.20. The molecule has 1 N–H and O–H groups in total. The number of halogens is 1. The third-order valence-corrected chi connectivity index (χ3v) is 2.65. The molecule has 0 bridgehead atoms. The molecule has 3 heteroatoms. The van der Waals surface area contributed by atoms with E-state index in [4.69, 9.17) is 0 Å². The number of carbonyl (C=O) groups is 1. The Morgan fingerprint density at radius 2 is 1.67 bits per heavy atom. The molecule has 0 aromatic heterocycles. The number of rotatable bonds is 5. The number of carbonyl (C=O) groups excluding carboxylic acids is 1. The topological polar surface area (TPSA) is 29.1 Å². The lowest BCUT2D eigenvalue weighted by Gasteiger charge is -2.05. The van der Waals surface area contributed by atoms with Crippen LogP contribution in [0.2, 0.25) is 0 Å². The van der Waals surface area contributed by atoms with Crippen molar-refractivity contribution in [2.45, 2.75) is 6.54 Å². The highest BCUT2D eigenvalue weighted by Gasteiger charge is 2.05. The molecule has 0 aliphatic carbocycles. The lowest BCUT2D eigenvalue weighted by Crippen LogP contribution is -2.23. The monoisotopic (exact) mass is 243 g/mol. The van der Waals surface area contributed by atoms with Gasteiger partial charge in [-0.05, 0) is 6.07 Å². The predicted molar refractivity (Wildman–Crippen MR) is 68.9 cm³/mol. The van der Waals surface area contributed by atoms with Gasteiger partial charge < -0.3 is 5.32 Å². The van der Waals surface area contributed by atoms with Gasteiger partial charge in [-0.2, -0.15) is 0 Å². The summed E-state index contributed by atoms with van der Waals surface area (Å²) >= 11 is 0. The smallest absolute Gasteiger partial charge is 0.176 e. The number of ketones is 1. The van der Waals surface area contributed by atoms with Gasteiger partial charge in [0.2, 0.25) is 0 Å². The molecule has 0 aliphatic heterocycles. The van der Waals surface area contributed by atoms with Crippen LogP contribution in [0.25, 0.3) is 0 Å². The van der Waals surface area contributed by atoms with Gasteiger partial charge in [0.25, 0.3) is 0 Å². The lowest BCUT2D eigenvalue weighted by atomic mass is 10.1. The van der Waals surface area contributed by atoms with Crippen LogP contribution in [0.1, 0.15) is 15.9 Å². The molecule has 0 amide bonds. The van der Waals surface area contributed by atoms with Crippen molar-refractivity contribution in [1.82, 2.24) is 5.32 Å². The molecule has 2 rings (SSSR count). The van der Waals surface area contributed by atoms with Gasteiger partial charge in [-0.15, -0.1) is 0 Å². The summed E-state index contributed by atoms with van der Waals surface area (Å²) in [4.78, 5) is 11.8. The number of hydrogen-bond donors (Lipinski definition) is 1. The second kappa shape index (κ2) is 6.07. The molecule has 0 atom stereocenters. The maximum absolute atomic E-state index is 13.3. The SMILES string of the molecule is O=C(CNCc1ccccc1F)c1ccccc1. The lowest BCUT2D eigenvalue weighted by molar-refractivity contribution is 0.0990. The number of nitrogens with one attached hydrogen (secondary N) is 1. The highest BCUT2D eigenvalue weighted by Crippen LogP contribution is 2.05. The van der Waals surface area contributed by atoms with Gasteiger partial charge >= 0.3 is 0 Å². The maximum atomic E-state index is 13.3. The fourth-order valence-electron chi connectivity index (χ4n) is 1.68. The van der Waals surface area contributed by atoms with E-state index in [2.05, 4.69) is 5.32 Å². The fraction of sp³-hybridized carbons (Fsp3) is 0.133. The van der Waals surface area contributed by atoms with Crippen LogP contribution in [0.4, 0.5) is 4.39 Å². The Labute approximate surface area is 105 Å². The Bertz CT molecular complexity index is 525. The van der Waals surface area contributed by atoms with Crippen molar-refractivity contribution in [3.05, 3.63) is 71.5 Å². The average molecular weight is 243 g/mol. The van der Waals surface area contributed by atoms with Crippen molar-refractivity contribution in [3.63, 3.8) is 0 Å². The summed E-state index contributed by atoms with van der Waals surface area (Å²) in [6.07, 6.45) is 0. The summed E-state index contributed by atoms with van der Waals surface area (Å²) in [5.41, 5.74) is 1.23. The summed E-state index contributed by atoms with van der Waals surface area (Å²) in [6, 6.07) is 15.6. The van der Waals surface area contributed by atoms with Crippen LogP contribution in [0.15, 0.2) is 54.6 Å². The molecular formula is C15H14FNO. The van der Waals surface area contributed by atoms with Gasteiger partial charge in [0.1, 0.15) is 5.82 Å². The first-order chi connectivity index (χ1) is 8.77. The van der Waals surface area contributed by atoms with E-state index in [9.17, 15) is 9.18 Å². The van der Waals surface area contributed by atoms with Crippen LogP contribution in [-0.4, -0.2) is 12.3 Å². The third-order valence-electron chi connectivity index (χ3n) is 2.65. The fourth-order valence-corrected chi connectivity index (χ4v) is 1.68. The van der Waals surface area contributed by atoms with E-state index in [-0.39, 0.29) is 18.1 Å². The molecule has 0 heterocycles. The van der Waals surface area contributed by atoms with Gasteiger partial charge in [0.05, 0.1) is 6.54 Å². The van der Waals surface area contributed by atoms with Crippen molar-refractivity contribution in [1.29, 1.82) is 0 Å². The molecule has 0 aliphatic rings. The molecule has 2 nitrogen and oxygen atoms in total. The first kappa shape index (κ1) is 12.5. The van der Waals surface area contributed by atoms with Gasteiger partial charge in [-0.3, -0.25) is 4.79 Å². The second-order valence-corrected chi connectivity index (χ2v) is 3.98. The van der Waals surface area contributed by atoms with Crippen LogP contribution in [0.5, 0.6) is 0 Å². The molecule has 92 valence electrons. The molecule has 0 saturated carbocycles. The van der Waals surface area contributed by atoms with E-state index in [0.717, 1.165) is 0 Å². The van der Waals surface area contributed by atoms with E-state index in [0.29, 0.717) is 17.7 Å². The van der Waals surface area contributed by atoms with Crippen LogP contribution < -0.4 is 5.32 Å². The second-order valence-electron chi connectivity index (χ2n) is 3.98. The molecule has 0 saturated heterocycles. The molecule has 0 spiro atoms. The zero-order valence-corrected chi connectivity index (χ0v) is 9.90. The Hall–Kier alpha value is -2.00. The van der Waals surface area contributed by atoms with E-state index < -0.39 is 0 Å². The highest BCUT2D eigenvalue weighted by molar-refractivity contribution is 5.97. The van der Waals surface area contributed by atoms with Crippen molar-refractivity contribution in [2.75, 3.05) is 6.54 Å². The number of benzene rings is 2. The zero-order valence-electron chi connectivity index (χ0n) is 9.90. The van der Waals surface area contributed by atoms with Gasteiger partial charge in [-0.25, -0.2) is 4.39 Å². The van der Waals surface area contributed by atoms with E-state index in [1.54, 1.807) is 30.3 Å². The minimum absolute atomic E-state index is 0.00643. The molecule has 2 aromatic carbocycles. The first-order valence-corrected chi connectivity index (χ1v) is 5.80. The van der Waals surface area contributed by atoms with Crippen molar-refractivity contribution >= 4 is 5.78 Å². The Morgan fingerprint density at radius 3 is 2.39 bits per heavy atom. The summed E-state index contributed by atoms with van der Waals surface area (Å²) in [6.45, 7) is 0.559. The minimum Gasteiger partial charge on any atom is -0.305 e. The largest absolute Gasteiger partial charge is 0.305 e. The summed E-state index contributed by atoms with van der Waals surface area (Å²) in [5.74, 6) is -0.246. The summed E-state index contributed by atoms with van der Waals surface area (Å²) in [5, 5.41) is 2.95. The molecule has 2 aromatic rings. The predicted octanol–water partition coefficient (Wildman–Crippen LogP) is 2.80. The van der Waals surface area contributed by atoms with Crippen LogP contribution in [0, 0.1) is 5.82 Å². The highest BCUT2D eigenvalue weighted by atomic mass is 19.1. The summed E-state index contributed by atoms with van der Waals surface area (Å²) in [7, 11) is 0. The van der Waals surface area contributed by atoms with Crippen LogP contribution in [0.3, 0.4) is 0 Å². The average Bonchev–Trinajstić information content (AvgIpc) is 2.42. The van der Waals surface area contributed by atoms with Crippen molar-refractivity contribution in [2.24, 2.45) is 0 Å². The Balaban J connectivity index is 1.86. The van der Waals surface area contributed by atoms with Crippen LogP contribution in [-0.2, 0) is 6.54 Å². The van der Waals surface area contributed by atoms with Gasteiger partial charge in [0, 0.05) is 17.7 Å². The molecule has 18 heavy (non-hydrogen) atoms. The first-order valence-electron chi connectivity index (χ1n) is 5.80. The summed E-state index contributed by atoms with van der Waals surface area (Å²) < 4.78 is 13.3. The van der Waals surface area contributed by atoms with E-state index in [1.165, 1.54) is 6.07 Å². The third kappa shape index (κ3) is 3.25. The van der Waals surface area contributed by atoms with E-state index >= 15 is 0 Å². The van der Waals surface area contributed by atoms with Crippen molar-refractivity contribution < 1.29 is 9.18 Å². The molecule has 0 fully saturated rings. The molecule has 0 unspecified atom stereocenters. The zero-order chi connectivity index (χ0) is 12.8. The van der Waals surface area contributed by atoms with Gasteiger partial charge in [0.15, 0.2) is 5.78 Å². The Morgan fingerprint density at radius 1 is 1.00 bits per heavy atom. The van der Waals surface area contributed by atoms with Crippen molar-refractivity contribution in [3.8, 4) is 0 Å². The normalized spacial score (nSPS) is 10.3. The van der Waals surface area contributed by atoms with E-state index in [1.807, 2.05) is 18.2 Å². The number of hydrogen-bond acceptors (Lipinski definition) is 2. The molecular weight excluding hydrogens is 229 g/mol. The minimum atomic E-state index is -0.253. The van der Waals surface area contributed by atoms with Crippen LogP contribution >= 0.6 is 0 Å². The number of Topliss-reactive ketones (excluding diaryl/α,β-unsaturated/α-hetero) is 1.